The average molecular weight is 194 g/mol. The fourth-order valence-corrected chi connectivity index (χ4v) is 0.922. The summed E-state index contributed by atoms with van der Waals surface area (Å²) in [5.41, 5.74) is 0.933. The van der Waals surface area contributed by atoms with E-state index in [1.807, 2.05) is 0 Å². The smallest absolute Gasteiger partial charge is 0.312 e. The van der Waals surface area contributed by atoms with Gasteiger partial charge in [0.05, 0.1) is 0 Å². The van der Waals surface area contributed by atoms with Crippen LogP contribution in [0.4, 0.5) is 14.9 Å². The fourth-order valence-electron chi connectivity index (χ4n) is 0.922. The van der Waals surface area contributed by atoms with E-state index < -0.39 is 11.8 Å². The number of allylic oxidation sites excluding steroid dienone is 1. The molecule has 2 amide bonds. The molecule has 0 saturated heterocycles. The van der Waals surface area contributed by atoms with Gasteiger partial charge in [-0.3, -0.25) is 0 Å². The van der Waals surface area contributed by atoms with Gasteiger partial charge in [0.15, 0.2) is 0 Å². The third kappa shape index (κ3) is 3.26. The van der Waals surface area contributed by atoms with Crippen LogP contribution in [0.1, 0.15) is 6.92 Å². The van der Waals surface area contributed by atoms with Gasteiger partial charge in [-0.25, -0.2) is 9.18 Å². The highest BCUT2D eigenvalue weighted by Crippen LogP contribution is 2.08. The lowest BCUT2D eigenvalue weighted by Crippen LogP contribution is -2.26. The van der Waals surface area contributed by atoms with Crippen molar-refractivity contribution in [3.63, 3.8) is 0 Å². The Morgan fingerprint density at radius 1 is 1.50 bits per heavy atom. The van der Waals surface area contributed by atoms with Gasteiger partial charge in [-0.1, -0.05) is 12.6 Å². The largest absolute Gasteiger partial charge is 0.323 e. The normalized spacial score (nSPS) is 9.29. The zero-order valence-corrected chi connectivity index (χ0v) is 7.80. The summed E-state index contributed by atoms with van der Waals surface area (Å²) >= 11 is 0. The fraction of sp³-hybridized carbons (Fsp3) is 0.100. The SMILES string of the molecule is C=C(C)NC(=O)Nc1cccc(F)c1. The molecule has 0 bridgehead atoms. The van der Waals surface area contributed by atoms with Crippen LogP contribution in [-0.4, -0.2) is 6.03 Å². The van der Waals surface area contributed by atoms with Crippen molar-refractivity contribution in [1.82, 2.24) is 5.32 Å². The molecule has 4 heteroatoms. The van der Waals surface area contributed by atoms with Crippen molar-refractivity contribution in [1.29, 1.82) is 0 Å². The molecule has 2 N–H and O–H groups in total. The highest BCUT2D eigenvalue weighted by atomic mass is 19.1. The van der Waals surface area contributed by atoms with Crippen LogP contribution in [-0.2, 0) is 0 Å². The van der Waals surface area contributed by atoms with E-state index in [9.17, 15) is 9.18 Å². The molecule has 0 aliphatic heterocycles. The maximum Gasteiger partial charge on any atom is 0.323 e. The van der Waals surface area contributed by atoms with E-state index in [-0.39, 0.29) is 0 Å². The number of rotatable bonds is 2. The van der Waals surface area contributed by atoms with E-state index in [2.05, 4.69) is 17.2 Å². The second-order valence-corrected chi connectivity index (χ2v) is 2.87. The van der Waals surface area contributed by atoms with Crippen molar-refractivity contribution in [2.24, 2.45) is 0 Å². The van der Waals surface area contributed by atoms with Crippen LogP contribution in [0.2, 0.25) is 0 Å². The Hall–Kier alpha value is -1.84. The molecule has 1 aromatic carbocycles. The first-order valence-electron chi connectivity index (χ1n) is 4.07. The Morgan fingerprint density at radius 3 is 2.79 bits per heavy atom. The number of amides is 2. The molecule has 0 aliphatic rings. The lowest BCUT2D eigenvalue weighted by Gasteiger charge is -2.06. The third-order valence-corrected chi connectivity index (χ3v) is 1.41. The van der Waals surface area contributed by atoms with Gasteiger partial charge >= 0.3 is 6.03 Å². The Labute approximate surface area is 81.6 Å². The summed E-state index contributed by atoms with van der Waals surface area (Å²) in [6, 6.07) is 5.23. The van der Waals surface area contributed by atoms with Crippen molar-refractivity contribution in [3.05, 3.63) is 42.4 Å². The highest BCUT2D eigenvalue weighted by Gasteiger charge is 2.00. The predicted octanol–water partition coefficient (Wildman–Crippen LogP) is 2.48. The molecule has 3 nitrogen and oxygen atoms in total. The van der Waals surface area contributed by atoms with Crippen LogP contribution < -0.4 is 10.6 Å². The zero-order valence-electron chi connectivity index (χ0n) is 7.80. The summed E-state index contributed by atoms with van der Waals surface area (Å²) in [5, 5.41) is 4.91. The van der Waals surface area contributed by atoms with Crippen molar-refractivity contribution in [3.8, 4) is 0 Å². The lowest BCUT2D eigenvalue weighted by atomic mass is 10.3. The van der Waals surface area contributed by atoms with Crippen LogP contribution in [0.25, 0.3) is 0 Å². The molecule has 1 aromatic rings. The van der Waals surface area contributed by atoms with Crippen molar-refractivity contribution in [2.75, 3.05) is 5.32 Å². The first-order valence-corrected chi connectivity index (χ1v) is 4.07. The third-order valence-electron chi connectivity index (χ3n) is 1.41. The van der Waals surface area contributed by atoms with Gasteiger partial charge in [-0.15, -0.1) is 0 Å². The van der Waals surface area contributed by atoms with Crippen LogP contribution in [0.5, 0.6) is 0 Å². The van der Waals surface area contributed by atoms with E-state index >= 15 is 0 Å². The quantitative estimate of drug-likeness (QED) is 0.746. The van der Waals surface area contributed by atoms with Gasteiger partial charge in [-0.2, -0.15) is 0 Å². The topological polar surface area (TPSA) is 41.1 Å². The van der Waals surface area contributed by atoms with Crippen LogP contribution in [0.15, 0.2) is 36.5 Å². The Kier molecular flexibility index (Phi) is 3.23. The second kappa shape index (κ2) is 4.41. The van der Waals surface area contributed by atoms with Crippen molar-refractivity contribution in [2.45, 2.75) is 6.92 Å². The van der Waals surface area contributed by atoms with Crippen LogP contribution in [0, 0.1) is 5.82 Å². The minimum Gasteiger partial charge on any atom is -0.312 e. The number of urea groups is 1. The van der Waals surface area contributed by atoms with Gasteiger partial charge in [0.1, 0.15) is 5.82 Å². The van der Waals surface area contributed by atoms with E-state index in [0.717, 1.165) is 0 Å². The standard InChI is InChI=1S/C10H11FN2O/c1-7(2)12-10(14)13-9-5-3-4-8(11)6-9/h3-6H,1H2,2H3,(H2,12,13,14). The molecule has 74 valence electrons. The summed E-state index contributed by atoms with van der Waals surface area (Å²) in [5.74, 6) is -0.391. The number of halogens is 1. The van der Waals surface area contributed by atoms with Crippen molar-refractivity contribution < 1.29 is 9.18 Å². The minimum atomic E-state index is -0.428. The molecule has 0 aliphatic carbocycles. The second-order valence-electron chi connectivity index (χ2n) is 2.87. The maximum absolute atomic E-state index is 12.7. The summed E-state index contributed by atoms with van der Waals surface area (Å²) in [6.07, 6.45) is 0. The monoisotopic (exact) mass is 194 g/mol. The van der Waals surface area contributed by atoms with E-state index in [1.54, 1.807) is 13.0 Å². The molecule has 1 rings (SSSR count). The minimum absolute atomic E-state index is 0.391. The lowest BCUT2D eigenvalue weighted by molar-refractivity contribution is 0.254. The number of benzene rings is 1. The number of carbonyl (C=O) groups is 1. The number of nitrogens with one attached hydrogen (secondary N) is 2. The summed E-state index contributed by atoms with van der Waals surface area (Å²) in [4.78, 5) is 11.1. The molecule has 0 fully saturated rings. The summed E-state index contributed by atoms with van der Waals surface area (Å²) in [7, 11) is 0. The van der Waals surface area contributed by atoms with Gasteiger partial charge in [-0.05, 0) is 25.1 Å². The molecule has 0 unspecified atom stereocenters. The molecular weight excluding hydrogens is 183 g/mol. The van der Waals surface area contributed by atoms with Gasteiger partial charge in [0.25, 0.3) is 0 Å². The number of anilines is 1. The first-order chi connectivity index (χ1) is 6.58. The van der Waals surface area contributed by atoms with E-state index in [1.165, 1.54) is 18.2 Å². The molecule has 0 saturated carbocycles. The Morgan fingerprint density at radius 2 is 2.21 bits per heavy atom. The van der Waals surface area contributed by atoms with Gasteiger partial charge < -0.3 is 10.6 Å². The van der Waals surface area contributed by atoms with Crippen LogP contribution in [0.3, 0.4) is 0 Å². The zero-order chi connectivity index (χ0) is 10.6. The Balaban J connectivity index is 2.60. The molecule has 0 radical (unpaired) electrons. The Bertz CT molecular complexity index is 363. The average Bonchev–Trinajstić information content (AvgIpc) is 2.01. The molecule has 0 spiro atoms. The maximum atomic E-state index is 12.7. The predicted molar refractivity (Wildman–Crippen MR) is 53.4 cm³/mol. The van der Waals surface area contributed by atoms with Gasteiger partial charge in [0, 0.05) is 11.4 Å². The van der Waals surface area contributed by atoms with Crippen molar-refractivity contribution >= 4 is 11.7 Å². The molecule has 0 aromatic heterocycles. The van der Waals surface area contributed by atoms with Crippen LogP contribution >= 0.6 is 0 Å². The molecule has 0 atom stereocenters. The molecule has 14 heavy (non-hydrogen) atoms. The van der Waals surface area contributed by atoms with E-state index in [0.29, 0.717) is 11.4 Å². The van der Waals surface area contributed by atoms with E-state index in [4.69, 9.17) is 0 Å². The summed E-state index contributed by atoms with van der Waals surface area (Å²) < 4.78 is 12.7. The first kappa shape index (κ1) is 10.2. The molecule has 0 heterocycles. The van der Waals surface area contributed by atoms with Gasteiger partial charge in [0.2, 0.25) is 0 Å². The highest BCUT2D eigenvalue weighted by molar-refractivity contribution is 5.90. The number of carbonyl (C=O) groups excluding carboxylic acids is 1. The number of hydrogen-bond donors (Lipinski definition) is 2. The molecular formula is C10H11FN2O. The number of hydrogen-bond acceptors (Lipinski definition) is 1. The summed E-state index contributed by atoms with van der Waals surface area (Å²) in [6.45, 7) is 5.17.